The molecule has 9 heteroatoms. The monoisotopic (exact) mass is 700 g/mol. The highest BCUT2D eigenvalue weighted by Gasteiger charge is 2.44. The second-order valence-electron chi connectivity index (χ2n) is 14.4. The van der Waals surface area contributed by atoms with Crippen LogP contribution >= 0.6 is 0 Å². The van der Waals surface area contributed by atoms with Gasteiger partial charge < -0.3 is 40.3 Å². The minimum absolute atomic E-state index is 0.178. The maximum absolute atomic E-state index is 12.9. The van der Waals surface area contributed by atoms with E-state index in [1.165, 1.54) is 122 Å². The van der Waals surface area contributed by atoms with E-state index in [1.54, 1.807) is 6.08 Å². The maximum Gasteiger partial charge on any atom is 0.220 e. The molecule has 0 unspecified atom stereocenters. The summed E-state index contributed by atoms with van der Waals surface area (Å²) in [7, 11) is 0. The smallest absolute Gasteiger partial charge is 0.220 e. The van der Waals surface area contributed by atoms with Crippen LogP contribution in [-0.4, -0.2) is 87.5 Å². The second kappa shape index (κ2) is 31.6. The fourth-order valence-electron chi connectivity index (χ4n) is 6.51. The van der Waals surface area contributed by atoms with Crippen LogP contribution in [0.2, 0.25) is 0 Å². The minimum Gasteiger partial charge on any atom is -0.394 e. The lowest BCUT2D eigenvalue weighted by Gasteiger charge is -2.40. The normalized spacial score (nSPS) is 22.5. The highest BCUT2D eigenvalue weighted by atomic mass is 16.7. The predicted molar refractivity (Wildman–Crippen MR) is 198 cm³/mol. The van der Waals surface area contributed by atoms with Crippen LogP contribution in [0.15, 0.2) is 12.2 Å². The Balaban J connectivity index is 2.43. The molecule has 9 nitrogen and oxygen atoms in total. The number of hydrogen-bond donors (Lipinski definition) is 6. The number of carbonyl (C=O) groups excluding carboxylic acids is 1. The number of allylic oxidation sites excluding steroid dienone is 1. The van der Waals surface area contributed by atoms with Gasteiger partial charge >= 0.3 is 0 Å². The SMILES string of the molecule is CCCCCCCCCCCCC/C=C/[C@@H](O)[C@H](CO[C@H]1O[C@H](CO)[C@H](O)[C@H](O)[C@H]1O)NC(=O)CCCCCCCCCCCCCCC. The number of nitrogens with one attached hydrogen (secondary N) is 1. The Bertz CT molecular complexity index is 781. The average molecular weight is 700 g/mol. The third-order valence-electron chi connectivity index (χ3n) is 9.86. The molecule has 0 spiro atoms. The van der Waals surface area contributed by atoms with E-state index in [-0.39, 0.29) is 12.5 Å². The average Bonchev–Trinajstić information content (AvgIpc) is 3.10. The Morgan fingerprint density at radius 2 is 1.12 bits per heavy atom. The van der Waals surface area contributed by atoms with Crippen molar-refractivity contribution in [3.8, 4) is 0 Å². The standard InChI is InChI=1S/C40H77NO8/c1-3-5-7-9-11-13-15-17-19-21-23-25-27-29-34(43)33(32-48-40-39(47)38(46)37(45)35(31-42)49-40)41-36(44)30-28-26-24-22-20-18-16-14-12-10-8-6-4-2/h27,29,33-35,37-40,42-43,45-47H,3-26,28,30-32H2,1-2H3,(H,41,44)/b29-27+/t33-,34+,35+,37-,38-,39+,40-/m0/s1. The van der Waals surface area contributed by atoms with Crippen molar-refractivity contribution < 1.29 is 39.8 Å². The lowest BCUT2D eigenvalue weighted by molar-refractivity contribution is -0.302. The van der Waals surface area contributed by atoms with E-state index in [0.717, 1.165) is 38.5 Å². The summed E-state index contributed by atoms with van der Waals surface area (Å²) in [5.74, 6) is -0.178. The van der Waals surface area contributed by atoms with Gasteiger partial charge in [-0.3, -0.25) is 4.79 Å². The molecule has 1 aliphatic heterocycles. The summed E-state index contributed by atoms with van der Waals surface area (Å²) in [6, 6.07) is -0.796. The molecule has 49 heavy (non-hydrogen) atoms. The van der Waals surface area contributed by atoms with Crippen LogP contribution in [0, 0.1) is 0 Å². The number of unbranched alkanes of at least 4 members (excludes halogenated alkanes) is 23. The van der Waals surface area contributed by atoms with Crippen molar-refractivity contribution in [2.75, 3.05) is 13.2 Å². The number of hydrogen-bond acceptors (Lipinski definition) is 8. The van der Waals surface area contributed by atoms with Crippen LogP contribution in [0.3, 0.4) is 0 Å². The first-order valence-corrected chi connectivity index (χ1v) is 20.4. The summed E-state index contributed by atoms with van der Waals surface area (Å²) in [4.78, 5) is 12.9. The van der Waals surface area contributed by atoms with Gasteiger partial charge in [0.1, 0.15) is 24.4 Å². The first kappa shape index (κ1) is 46.0. The van der Waals surface area contributed by atoms with Crippen LogP contribution in [-0.2, 0) is 14.3 Å². The van der Waals surface area contributed by atoms with Gasteiger partial charge in [0.05, 0.1) is 25.4 Å². The Morgan fingerprint density at radius 1 is 0.673 bits per heavy atom. The van der Waals surface area contributed by atoms with E-state index in [4.69, 9.17) is 9.47 Å². The fraction of sp³-hybridized carbons (Fsp3) is 0.925. The topological polar surface area (TPSA) is 149 Å². The highest BCUT2D eigenvalue weighted by molar-refractivity contribution is 5.76. The number of ether oxygens (including phenoxy) is 2. The van der Waals surface area contributed by atoms with Crippen molar-refractivity contribution in [3.63, 3.8) is 0 Å². The molecule has 0 bridgehead atoms. The van der Waals surface area contributed by atoms with Crippen LogP contribution in [0.25, 0.3) is 0 Å². The van der Waals surface area contributed by atoms with Crippen molar-refractivity contribution in [2.24, 2.45) is 0 Å². The zero-order valence-electron chi connectivity index (χ0n) is 31.5. The van der Waals surface area contributed by atoms with Gasteiger partial charge in [-0.05, 0) is 19.3 Å². The summed E-state index contributed by atoms with van der Waals surface area (Å²) >= 11 is 0. The number of aliphatic hydroxyl groups is 5. The molecular formula is C40H77NO8. The zero-order chi connectivity index (χ0) is 36.0. The molecule has 0 aromatic rings. The number of aliphatic hydroxyl groups excluding tert-OH is 5. The molecule has 0 aromatic carbocycles. The molecule has 1 aliphatic rings. The molecule has 1 heterocycles. The van der Waals surface area contributed by atoms with Gasteiger partial charge in [0, 0.05) is 6.42 Å². The minimum atomic E-state index is -1.56. The van der Waals surface area contributed by atoms with E-state index >= 15 is 0 Å². The molecule has 0 aliphatic carbocycles. The van der Waals surface area contributed by atoms with E-state index < -0.39 is 49.5 Å². The molecule has 1 saturated heterocycles. The molecule has 1 fully saturated rings. The first-order valence-electron chi connectivity index (χ1n) is 20.4. The van der Waals surface area contributed by atoms with Crippen LogP contribution in [0.4, 0.5) is 0 Å². The zero-order valence-corrected chi connectivity index (χ0v) is 31.5. The number of carbonyl (C=O) groups is 1. The van der Waals surface area contributed by atoms with Crippen LogP contribution in [0.5, 0.6) is 0 Å². The van der Waals surface area contributed by atoms with E-state index in [2.05, 4.69) is 19.2 Å². The van der Waals surface area contributed by atoms with Gasteiger partial charge in [0.2, 0.25) is 5.91 Å². The van der Waals surface area contributed by atoms with E-state index in [0.29, 0.717) is 6.42 Å². The van der Waals surface area contributed by atoms with E-state index in [1.807, 2.05) is 6.08 Å². The van der Waals surface area contributed by atoms with Crippen LogP contribution < -0.4 is 5.32 Å². The van der Waals surface area contributed by atoms with Gasteiger partial charge in [0.15, 0.2) is 6.29 Å². The Labute approximate surface area is 299 Å². The molecule has 0 radical (unpaired) electrons. The molecule has 6 N–H and O–H groups in total. The van der Waals surface area contributed by atoms with Gasteiger partial charge in [-0.2, -0.15) is 0 Å². The first-order chi connectivity index (χ1) is 23.8. The van der Waals surface area contributed by atoms with Crippen molar-refractivity contribution in [3.05, 3.63) is 12.2 Å². The quantitative estimate of drug-likeness (QED) is 0.0307. The summed E-state index contributed by atoms with van der Waals surface area (Å²) in [6.45, 7) is 3.75. The highest BCUT2D eigenvalue weighted by Crippen LogP contribution is 2.22. The molecule has 0 aromatic heterocycles. The Hall–Kier alpha value is -1.07. The number of rotatable bonds is 33. The molecule has 7 atom stereocenters. The van der Waals surface area contributed by atoms with Crippen molar-refractivity contribution >= 4 is 5.91 Å². The van der Waals surface area contributed by atoms with Gasteiger partial charge in [-0.15, -0.1) is 0 Å². The maximum atomic E-state index is 12.9. The van der Waals surface area contributed by atoms with Gasteiger partial charge in [-0.25, -0.2) is 0 Å². The lowest BCUT2D eigenvalue weighted by atomic mass is 9.99. The second-order valence-corrected chi connectivity index (χ2v) is 14.4. The summed E-state index contributed by atoms with van der Waals surface area (Å²) in [5.41, 5.74) is 0. The summed E-state index contributed by atoms with van der Waals surface area (Å²) in [5, 5.41) is 53.9. The van der Waals surface area contributed by atoms with Gasteiger partial charge in [0.25, 0.3) is 0 Å². The van der Waals surface area contributed by atoms with Crippen molar-refractivity contribution in [2.45, 2.75) is 224 Å². The third kappa shape index (κ3) is 23.2. The fourth-order valence-corrected chi connectivity index (χ4v) is 6.51. The van der Waals surface area contributed by atoms with Crippen LogP contribution in [0.1, 0.15) is 181 Å². The molecule has 1 rings (SSSR count). The lowest BCUT2D eigenvalue weighted by Crippen LogP contribution is -2.60. The Morgan fingerprint density at radius 3 is 1.59 bits per heavy atom. The molecule has 1 amide bonds. The molecule has 0 saturated carbocycles. The number of amides is 1. The van der Waals surface area contributed by atoms with Crippen molar-refractivity contribution in [1.29, 1.82) is 0 Å². The predicted octanol–water partition coefficient (Wildman–Crippen LogP) is 7.39. The van der Waals surface area contributed by atoms with E-state index in [9.17, 15) is 30.3 Å². The van der Waals surface area contributed by atoms with Crippen molar-refractivity contribution in [1.82, 2.24) is 5.32 Å². The third-order valence-corrected chi connectivity index (χ3v) is 9.86. The summed E-state index contributed by atoms with van der Waals surface area (Å²) in [6.07, 6.45) is 26.7. The van der Waals surface area contributed by atoms with Gasteiger partial charge in [-0.1, -0.05) is 167 Å². The summed E-state index contributed by atoms with van der Waals surface area (Å²) < 4.78 is 11.2. The largest absolute Gasteiger partial charge is 0.394 e. The molecule has 290 valence electrons. The molecular weight excluding hydrogens is 622 g/mol. The Kier molecular flexibility index (Phi) is 29.7.